The van der Waals surface area contributed by atoms with Crippen LogP contribution in [0, 0.1) is 6.92 Å². The molecular weight excluding hydrogens is 368 g/mol. The molecule has 0 N–H and O–H groups in total. The highest BCUT2D eigenvalue weighted by atomic mass is 79.9. The molecule has 19 heavy (non-hydrogen) atoms. The Morgan fingerprint density at radius 2 is 1.89 bits per heavy atom. The van der Waals surface area contributed by atoms with Crippen molar-refractivity contribution in [1.29, 1.82) is 0 Å². The Labute approximate surface area is 131 Å². The number of hydrogen-bond donors (Lipinski definition) is 0. The van der Waals surface area contributed by atoms with Crippen LogP contribution in [0.1, 0.15) is 21.5 Å². The summed E-state index contributed by atoms with van der Waals surface area (Å²) in [7, 11) is 1.71. The van der Waals surface area contributed by atoms with Gasteiger partial charge in [0.15, 0.2) is 0 Å². The van der Waals surface area contributed by atoms with Crippen LogP contribution in [0.2, 0.25) is 0 Å². The standard InChI is InChI=1S/C16H16Br2O/c1-11-5-3-4-6-12(11)9-15(18)14-8-7-13(17)10-16(14)19-2/h3-8,10,15H,9H2,1-2H3. The van der Waals surface area contributed by atoms with Crippen LogP contribution in [-0.2, 0) is 6.42 Å². The first-order chi connectivity index (χ1) is 9.11. The largest absolute Gasteiger partial charge is 0.496 e. The summed E-state index contributed by atoms with van der Waals surface area (Å²) in [4.78, 5) is 0.247. The average Bonchev–Trinajstić information content (AvgIpc) is 2.41. The zero-order valence-electron chi connectivity index (χ0n) is 11.0. The molecule has 0 saturated heterocycles. The lowest BCUT2D eigenvalue weighted by Crippen LogP contribution is -2.00. The molecule has 1 atom stereocenters. The summed E-state index contributed by atoms with van der Waals surface area (Å²) in [5, 5.41) is 0. The Balaban J connectivity index is 2.25. The van der Waals surface area contributed by atoms with Gasteiger partial charge in [0.2, 0.25) is 0 Å². The maximum atomic E-state index is 5.46. The highest BCUT2D eigenvalue weighted by Gasteiger charge is 2.14. The van der Waals surface area contributed by atoms with Crippen molar-refractivity contribution >= 4 is 31.9 Å². The molecule has 0 amide bonds. The fourth-order valence-electron chi connectivity index (χ4n) is 2.09. The smallest absolute Gasteiger partial charge is 0.124 e. The molecule has 0 radical (unpaired) electrons. The van der Waals surface area contributed by atoms with Gasteiger partial charge in [0.25, 0.3) is 0 Å². The van der Waals surface area contributed by atoms with Crippen molar-refractivity contribution in [3.63, 3.8) is 0 Å². The molecule has 0 bridgehead atoms. The molecule has 1 nitrogen and oxygen atoms in total. The summed E-state index contributed by atoms with van der Waals surface area (Å²) in [6, 6.07) is 14.6. The highest BCUT2D eigenvalue weighted by Crippen LogP contribution is 2.35. The van der Waals surface area contributed by atoms with Crippen LogP contribution in [0.15, 0.2) is 46.9 Å². The van der Waals surface area contributed by atoms with E-state index in [1.807, 2.05) is 12.1 Å². The molecule has 0 saturated carbocycles. The van der Waals surface area contributed by atoms with Gasteiger partial charge in [0, 0.05) is 14.9 Å². The summed E-state index contributed by atoms with van der Waals surface area (Å²) in [6.45, 7) is 2.15. The maximum Gasteiger partial charge on any atom is 0.124 e. The van der Waals surface area contributed by atoms with Crippen molar-refractivity contribution in [1.82, 2.24) is 0 Å². The lowest BCUT2D eigenvalue weighted by atomic mass is 10.00. The monoisotopic (exact) mass is 382 g/mol. The quantitative estimate of drug-likeness (QED) is 0.638. The molecule has 0 aliphatic carbocycles. The second kappa shape index (κ2) is 6.58. The topological polar surface area (TPSA) is 9.23 Å². The maximum absolute atomic E-state index is 5.46. The van der Waals surface area contributed by atoms with Crippen molar-refractivity contribution in [2.24, 2.45) is 0 Å². The van der Waals surface area contributed by atoms with E-state index in [-0.39, 0.29) is 4.83 Å². The van der Waals surface area contributed by atoms with Gasteiger partial charge in [0.1, 0.15) is 5.75 Å². The fourth-order valence-corrected chi connectivity index (χ4v) is 3.15. The Hall–Kier alpha value is -0.800. The zero-order chi connectivity index (χ0) is 13.8. The molecule has 0 heterocycles. The van der Waals surface area contributed by atoms with Crippen molar-refractivity contribution < 1.29 is 4.74 Å². The van der Waals surface area contributed by atoms with Gasteiger partial charge in [-0.1, -0.05) is 62.2 Å². The molecular formula is C16H16Br2O. The van der Waals surface area contributed by atoms with E-state index in [1.54, 1.807) is 7.11 Å². The van der Waals surface area contributed by atoms with Crippen molar-refractivity contribution in [2.75, 3.05) is 7.11 Å². The third-order valence-corrected chi connectivity index (χ3v) is 4.50. The molecule has 2 aromatic carbocycles. The van der Waals surface area contributed by atoms with Crippen LogP contribution in [0.3, 0.4) is 0 Å². The second-order valence-corrected chi connectivity index (χ2v) is 6.51. The molecule has 100 valence electrons. The van der Waals surface area contributed by atoms with E-state index in [2.05, 4.69) is 69.1 Å². The fraction of sp³-hybridized carbons (Fsp3) is 0.250. The van der Waals surface area contributed by atoms with Crippen molar-refractivity contribution in [3.8, 4) is 5.75 Å². The molecule has 0 aromatic heterocycles. The predicted molar refractivity (Wildman–Crippen MR) is 87.2 cm³/mol. The Kier molecular flexibility index (Phi) is 5.06. The predicted octanol–water partition coefficient (Wildman–Crippen LogP) is 5.44. The summed E-state index contributed by atoms with van der Waals surface area (Å²) >= 11 is 7.25. The van der Waals surface area contributed by atoms with E-state index in [0.29, 0.717) is 0 Å². The number of halogens is 2. The second-order valence-electron chi connectivity index (χ2n) is 4.48. The first-order valence-corrected chi connectivity index (χ1v) is 7.84. The molecule has 2 rings (SSSR count). The molecule has 0 spiro atoms. The van der Waals surface area contributed by atoms with Crippen LogP contribution in [0.25, 0.3) is 0 Å². The first kappa shape index (κ1) is 14.6. The SMILES string of the molecule is COc1cc(Br)ccc1C(Br)Cc1ccccc1C. The number of aryl methyl sites for hydroxylation is 1. The Morgan fingerprint density at radius 3 is 2.58 bits per heavy atom. The van der Waals surface area contributed by atoms with Gasteiger partial charge in [0.05, 0.1) is 7.11 Å². The zero-order valence-corrected chi connectivity index (χ0v) is 14.2. The number of ether oxygens (including phenoxy) is 1. The van der Waals surface area contributed by atoms with Gasteiger partial charge in [-0.25, -0.2) is 0 Å². The number of alkyl halides is 1. The van der Waals surface area contributed by atoms with E-state index in [0.717, 1.165) is 16.6 Å². The average molecular weight is 384 g/mol. The van der Waals surface area contributed by atoms with Crippen LogP contribution >= 0.6 is 31.9 Å². The van der Waals surface area contributed by atoms with Gasteiger partial charge < -0.3 is 4.74 Å². The molecule has 0 fully saturated rings. The minimum absolute atomic E-state index is 0.247. The van der Waals surface area contributed by atoms with E-state index < -0.39 is 0 Å². The summed E-state index contributed by atoms with van der Waals surface area (Å²) in [6.07, 6.45) is 0.949. The van der Waals surface area contributed by atoms with E-state index >= 15 is 0 Å². The van der Waals surface area contributed by atoms with Gasteiger partial charge in [-0.05, 0) is 36.6 Å². The lowest BCUT2D eigenvalue weighted by molar-refractivity contribution is 0.409. The van der Waals surface area contributed by atoms with Gasteiger partial charge >= 0.3 is 0 Å². The van der Waals surface area contributed by atoms with Crippen LogP contribution < -0.4 is 4.74 Å². The van der Waals surface area contributed by atoms with Gasteiger partial charge in [-0.2, -0.15) is 0 Å². The minimum atomic E-state index is 0.247. The van der Waals surface area contributed by atoms with Gasteiger partial charge in [-0.15, -0.1) is 0 Å². The lowest BCUT2D eigenvalue weighted by Gasteiger charge is -2.16. The van der Waals surface area contributed by atoms with Gasteiger partial charge in [-0.3, -0.25) is 0 Å². The molecule has 0 aliphatic heterocycles. The highest BCUT2D eigenvalue weighted by molar-refractivity contribution is 9.10. The summed E-state index contributed by atoms with van der Waals surface area (Å²) in [5.74, 6) is 0.907. The number of rotatable bonds is 4. The third kappa shape index (κ3) is 3.61. The molecule has 0 aliphatic rings. The molecule has 2 aromatic rings. The summed E-state index contributed by atoms with van der Waals surface area (Å²) < 4.78 is 6.49. The number of hydrogen-bond acceptors (Lipinski definition) is 1. The van der Waals surface area contributed by atoms with E-state index in [1.165, 1.54) is 16.7 Å². The number of benzene rings is 2. The molecule has 1 unspecified atom stereocenters. The number of methoxy groups -OCH3 is 1. The van der Waals surface area contributed by atoms with Crippen LogP contribution in [0.5, 0.6) is 5.75 Å². The van der Waals surface area contributed by atoms with Crippen molar-refractivity contribution in [2.45, 2.75) is 18.2 Å². The van der Waals surface area contributed by atoms with Crippen molar-refractivity contribution in [3.05, 3.63) is 63.6 Å². The first-order valence-electron chi connectivity index (χ1n) is 6.14. The third-order valence-electron chi connectivity index (χ3n) is 3.19. The Bertz CT molecular complexity index is 566. The minimum Gasteiger partial charge on any atom is -0.496 e. The molecule has 3 heteroatoms. The Morgan fingerprint density at radius 1 is 1.16 bits per heavy atom. The van der Waals surface area contributed by atoms with Crippen LogP contribution in [-0.4, -0.2) is 7.11 Å². The normalized spacial score (nSPS) is 12.2. The van der Waals surface area contributed by atoms with E-state index in [9.17, 15) is 0 Å². The van der Waals surface area contributed by atoms with Crippen LogP contribution in [0.4, 0.5) is 0 Å². The van der Waals surface area contributed by atoms with E-state index in [4.69, 9.17) is 4.74 Å². The summed E-state index contributed by atoms with van der Waals surface area (Å²) in [5.41, 5.74) is 3.85.